The van der Waals surface area contributed by atoms with Crippen molar-refractivity contribution in [2.24, 2.45) is 0 Å². The van der Waals surface area contributed by atoms with E-state index in [0.29, 0.717) is 25.9 Å². The number of hydrogen-bond donors (Lipinski definition) is 3. The van der Waals surface area contributed by atoms with Crippen LogP contribution < -0.4 is 5.32 Å². The van der Waals surface area contributed by atoms with E-state index >= 15 is 0 Å². The van der Waals surface area contributed by atoms with Crippen molar-refractivity contribution >= 4 is 11.9 Å². The molecule has 6 heteroatoms. The first-order chi connectivity index (χ1) is 38.0. The lowest BCUT2D eigenvalue weighted by molar-refractivity contribution is -0.143. The molecule has 0 heterocycles. The molecule has 0 rings (SSSR count). The first-order valence-corrected chi connectivity index (χ1v) is 35.8. The lowest BCUT2D eigenvalue weighted by Crippen LogP contribution is -2.45. The summed E-state index contributed by atoms with van der Waals surface area (Å²) in [4.78, 5) is 24.6. The number of esters is 1. The number of rotatable bonds is 68. The van der Waals surface area contributed by atoms with Gasteiger partial charge in [0.1, 0.15) is 0 Å². The number of ether oxygens (including phenoxy) is 1. The Hall–Kier alpha value is -1.14. The van der Waals surface area contributed by atoms with E-state index in [1.54, 1.807) is 0 Å². The highest BCUT2D eigenvalue weighted by Gasteiger charge is 2.20. The first-order valence-electron chi connectivity index (χ1n) is 35.8. The molecule has 0 fully saturated rings. The van der Waals surface area contributed by atoms with Crippen LogP contribution in [0.5, 0.6) is 0 Å². The fraction of sp³-hybridized carbons (Fsp3) is 0.972. The SMILES string of the molecule is CCCCCCCCCCCCCCCCCC(=O)OCCCCCCCCCCCCCCCCCCCCCCCCCCCCCCCCC(=O)NC(CO)C(O)CCCCCCCCCCCCCCCCC. The van der Waals surface area contributed by atoms with Crippen molar-refractivity contribution in [1.29, 1.82) is 0 Å². The summed E-state index contributed by atoms with van der Waals surface area (Å²) >= 11 is 0. The standard InChI is InChI=1S/C71H141NO5/c1-3-5-7-9-11-13-15-17-35-39-43-47-51-55-59-63-69(74)68(67-73)72-70(75)64-60-56-52-48-44-40-37-33-31-29-27-25-23-21-19-20-22-24-26-28-30-32-34-38-42-46-50-54-58-62-66-77-71(76)65-61-57-53-49-45-41-36-18-16-14-12-10-8-6-4-2/h68-69,73-74H,3-67H2,1-2H3,(H,72,75). The van der Waals surface area contributed by atoms with E-state index in [4.69, 9.17) is 4.74 Å². The number of amides is 1. The monoisotopic (exact) mass is 1090 g/mol. The second kappa shape index (κ2) is 67.4. The van der Waals surface area contributed by atoms with E-state index in [1.807, 2.05) is 0 Å². The van der Waals surface area contributed by atoms with Crippen molar-refractivity contribution in [2.75, 3.05) is 13.2 Å². The maximum Gasteiger partial charge on any atom is 0.305 e. The minimum absolute atomic E-state index is 0.0242. The Morgan fingerprint density at radius 2 is 0.532 bits per heavy atom. The molecule has 0 spiro atoms. The molecule has 0 aromatic heterocycles. The summed E-state index contributed by atoms with van der Waals surface area (Å²) in [5.74, 6) is -0.00300. The fourth-order valence-electron chi connectivity index (χ4n) is 11.7. The van der Waals surface area contributed by atoms with Crippen molar-refractivity contribution in [3.63, 3.8) is 0 Å². The molecule has 2 atom stereocenters. The van der Waals surface area contributed by atoms with E-state index in [-0.39, 0.29) is 18.5 Å². The van der Waals surface area contributed by atoms with Gasteiger partial charge in [0.05, 0.1) is 25.4 Å². The van der Waals surface area contributed by atoms with Crippen LogP contribution in [-0.2, 0) is 14.3 Å². The highest BCUT2D eigenvalue weighted by molar-refractivity contribution is 5.76. The summed E-state index contributed by atoms with van der Waals surface area (Å²) in [5.41, 5.74) is 0. The van der Waals surface area contributed by atoms with E-state index < -0.39 is 12.1 Å². The number of carbonyl (C=O) groups excluding carboxylic acids is 2. The zero-order valence-corrected chi connectivity index (χ0v) is 52.7. The van der Waals surface area contributed by atoms with E-state index in [9.17, 15) is 19.8 Å². The molecule has 0 aromatic rings. The number of nitrogens with one attached hydrogen (secondary N) is 1. The Balaban J connectivity index is 3.30. The maximum absolute atomic E-state index is 12.5. The van der Waals surface area contributed by atoms with Crippen LogP contribution in [0.3, 0.4) is 0 Å². The fourth-order valence-corrected chi connectivity index (χ4v) is 11.7. The average molecular weight is 1090 g/mol. The smallest absolute Gasteiger partial charge is 0.305 e. The summed E-state index contributed by atoms with van der Waals surface area (Å²) in [6, 6.07) is -0.537. The minimum atomic E-state index is -0.660. The van der Waals surface area contributed by atoms with Gasteiger partial charge in [-0.05, 0) is 25.7 Å². The predicted molar refractivity (Wildman–Crippen MR) is 338 cm³/mol. The zero-order chi connectivity index (χ0) is 55.7. The van der Waals surface area contributed by atoms with Gasteiger partial charge < -0.3 is 20.3 Å². The lowest BCUT2D eigenvalue weighted by atomic mass is 10.0. The van der Waals surface area contributed by atoms with Gasteiger partial charge in [-0.2, -0.15) is 0 Å². The third kappa shape index (κ3) is 63.9. The molecule has 1 amide bonds. The topological polar surface area (TPSA) is 95.9 Å². The Labute approximate surface area is 483 Å². The van der Waals surface area contributed by atoms with Crippen LogP contribution in [0.15, 0.2) is 0 Å². The summed E-state index contributed by atoms with van der Waals surface area (Å²) in [6.45, 7) is 5.00. The molecule has 0 radical (unpaired) electrons. The highest BCUT2D eigenvalue weighted by Crippen LogP contribution is 2.20. The van der Waals surface area contributed by atoms with Crippen molar-refractivity contribution in [2.45, 2.75) is 431 Å². The maximum atomic E-state index is 12.5. The molecule has 77 heavy (non-hydrogen) atoms. The summed E-state index contributed by atoms with van der Waals surface area (Å²) in [7, 11) is 0. The molecule has 6 nitrogen and oxygen atoms in total. The van der Waals surface area contributed by atoms with Gasteiger partial charge in [-0.25, -0.2) is 0 Å². The Kier molecular flexibility index (Phi) is 66.4. The third-order valence-electron chi connectivity index (χ3n) is 17.2. The van der Waals surface area contributed by atoms with Gasteiger partial charge in [0.2, 0.25) is 5.91 Å². The number of carbonyl (C=O) groups is 2. The molecule has 0 aliphatic carbocycles. The second-order valence-corrected chi connectivity index (χ2v) is 24.9. The van der Waals surface area contributed by atoms with Gasteiger partial charge in [-0.3, -0.25) is 9.59 Å². The highest BCUT2D eigenvalue weighted by atomic mass is 16.5. The first kappa shape index (κ1) is 75.9. The quantitative estimate of drug-likeness (QED) is 0.0417. The Morgan fingerprint density at radius 1 is 0.312 bits per heavy atom. The third-order valence-corrected chi connectivity index (χ3v) is 17.2. The van der Waals surface area contributed by atoms with Crippen molar-refractivity contribution in [1.82, 2.24) is 5.32 Å². The summed E-state index contributed by atoms with van der Waals surface area (Å²) in [5, 5.41) is 23.3. The summed E-state index contributed by atoms with van der Waals surface area (Å²) in [6.07, 6.45) is 81.6. The van der Waals surface area contributed by atoms with Crippen LogP contribution in [-0.4, -0.2) is 47.4 Å². The van der Waals surface area contributed by atoms with E-state index in [0.717, 1.165) is 38.5 Å². The van der Waals surface area contributed by atoms with Gasteiger partial charge in [0, 0.05) is 12.8 Å². The van der Waals surface area contributed by atoms with Crippen LogP contribution in [0, 0.1) is 0 Å². The molecular weight excluding hydrogens is 947 g/mol. The number of unbranched alkanes of at least 4 members (excludes halogenated alkanes) is 57. The normalized spacial score (nSPS) is 12.4. The lowest BCUT2D eigenvalue weighted by Gasteiger charge is -2.22. The average Bonchev–Trinajstić information content (AvgIpc) is 3.43. The van der Waals surface area contributed by atoms with Crippen molar-refractivity contribution in [3.8, 4) is 0 Å². The molecule has 0 aliphatic heterocycles. The van der Waals surface area contributed by atoms with Crippen molar-refractivity contribution in [3.05, 3.63) is 0 Å². The van der Waals surface area contributed by atoms with Crippen LogP contribution in [0.1, 0.15) is 418 Å². The van der Waals surface area contributed by atoms with Crippen molar-refractivity contribution < 1.29 is 24.5 Å². The number of hydrogen-bond acceptors (Lipinski definition) is 5. The molecule has 3 N–H and O–H groups in total. The number of aliphatic hydroxyl groups is 2. The Morgan fingerprint density at radius 3 is 0.792 bits per heavy atom. The second-order valence-electron chi connectivity index (χ2n) is 24.9. The molecule has 0 saturated carbocycles. The van der Waals surface area contributed by atoms with Gasteiger partial charge in [-0.15, -0.1) is 0 Å². The van der Waals surface area contributed by atoms with Crippen LogP contribution >= 0.6 is 0 Å². The van der Waals surface area contributed by atoms with Gasteiger partial charge in [0.25, 0.3) is 0 Å². The molecule has 0 saturated heterocycles. The molecule has 0 aliphatic rings. The van der Waals surface area contributed by atoms with Crippen LogP contribution in [0.2, 0.25) is 0 Å². The molecule has 2 unspecified atom stereocenters. The Bertz CT molecular complexity index is 1120. The molecule has 460 valence electrons. The van der Waals surface area contributed by atoms with Crippen LogP contribution in [0.25, 0.3) is 0 Å². The zero-order valence-electron chi connectivity index (χ0n) is 52.7. The number of aliphatic hydroxyl groups excluding tert-OH is 2. The van der Waals surface area contributed by atoms with E-state index in [2.05, 4.69) is 19.2 Å². The van der Waals surface area contributed by atoms with Gasteiger partial charge in [-0.1, -0.05) is 380 Å². The summed E-state index contributed by atoms with van der Waals surface area (Å²) < 4.78 is 5.50. The van der Waals surface area contributed by atoms with Gasteiger partial charge in [0.15, 0.2) is 0 Å². The largest absolute Gasteiger partial charge is 0.466 e. The predicted octanol–water partition coefficient (Wildman–Crippen LogP) is 23.0. The molecular formula is C71H141NO5. The van der Waals surface area contributed by atoms with E-state index in [1.165, 1.54) is 347 Å². The molecule has 0 aromatic carbocycles. The van der Waals surface area contributed by atoms with Crippen LogP contribution in [0.4, 0.5) is 0 Å². The molecule has 0 bridgehead atoms. The van der Waals surface area contributed by atoms with Gasteiger partial charge >= 0.3 is 5.97 Å². The minimum Gasteiger partial charge on any atom is -0.466 e.